The number of ether oxygens (including phenoxy) is 1. The SMILES string of the molecule is C=C(NC1CCCN1CC)c1c(O)ccc(Cl)c1OC. The highest BCUT2D eigenvalue weighted by molar-refractivity contribution is 6.32. The number of halogens is 1. The van der Waals surface area contributed by atoms with Gasteiger partial charge < -0.3 is 15.2 Å². The average Bonchev–Trinajstić information content (AvgIpc) is 2.87. The number of phenolic OH excluding ortho intramolecular Hbond substituents is 1. The molecule has 1 atom stereocenters. The highest BCUT2D eigenvalue weighted by Crippen LogP contribution is 2.38. The molecule has 1 heterocycles. The highest BCUT2D eigenvalue weighted by Gasteiger charge is 2.25. The Bertz CT molecular complexity index is 505. The van der Waals surface area contributed by atoms with Crippen LogP contribution in [0.25, 0.3) is 5.70 Å². The lowest BCUT2D eigenvalue weighted by atomic mass is 10.1. The lowest BCUT2D eigenvalue weighted by molar-refractivity contribution is 0.249. The van der Waals surface area contributed by atoms with Gasteiger partial charge >= 0.3 is 0 Å². The van der Waals surface area contributed by atoms with E-state index in [0.717, 1.165) is 25.9 Å². The molecule has 1 saturated heterocycles. The molecule has 0 radical (unpaired) electrons. The number of methoxy groups -OCH3 is 1. The lowest BCUT2D eigenvalue weighted by Crippen LogP contribution is -2.39. The van der Waals surface area contributed by atoms with Crippen LogP contribution in [0.1, 0.15) is 25.3 Å². The topological polar surface area (TPSA) is 44.7 Å². The molecule has 0 amide bonds. The Morgan fingerprint density at radius 2 is 2.35 bits per heavy atom. The fourth-order valence-electron chi connectivity index (χ4n) is 2.68. The summed E-state index contributed by atoms with van der Waals surface area (Å²) in [5.74, 6) is 0.565. The van der Waals surface area contributed by atoms with E-state index in [-0.39, 0.29) is 11.9 Å². The number of aromatic hydroxyl groups is 1. The Labute approximate surface area is 125 Å². The van der Waals surface area contributed by atoms with Crippen LogP contribution in [0.3, 0.4) is 0 Å². The van der Waals surface area contributed by atoms with Crippen molar-refractivity contribution in [1.82, 2.24) is 10.2 Å². The minimum Gasteiger partial charge on any atom is -0.507 e. The maximum Gasteiger partial charge on any atom is 0.150 e. The zero-order valence-corrected chi connectivity index (χ0v) is 12.7. The van der Waals surface area contributed by atoms with Crippen molar-refractivity contribution in [1.29, 1.82) is 0 Å². The summed E-state index contributed by atoms with van der Waals surface area (Å²) in [4.78, 5) is 2.35. The van der Waals surface area contributed by atoms with E-state index in [0.29, 0.717) is 22.0 Å². The first-order valence-corrected chi connectivity index (χ1v) is 7.21. The van der Waals surface area contributed by atoms with Gasteiger partial charge in [-0.15, -0.1) is 0 Å². The minimum atomic E-state index is 0.116. The molecule has 4 nitrogen and oxygen atoms in total. The summed E-state index contributed by atoms with van der Waals surface area (Å²) < 4.78 is 5.29. The lowest BCUT2D eigenvalue weighted by Gasteiger charge is -2.26. The van der Waals surface area contributed by atoms with Crippen LogP contribution >= 0.6 is 11.6 Å². The van der Waals surface area contributed by atoms with E-state index < -0.39 is 0 Å². The highest BCUT2D eigenvalue weighted by atomic mass is 35.5. The molecular weight excluding hydrogens is 276 g/mol. The van der Waals surface area contributed by atoms with Crippen LogP contribution in [-0.4, -0.2) is 36.4 Å². The van der Waals surface area contributed by atoms with Gasteiger partial charge in [-0.1, -0.05) is 25.1 Å². The third kappa shape index (κ3) is 2.86. The van der Waals surface area contributed by atoms with E-state index in [1.165, 1.54) is 7.11 Å². The normalized spacial score (nSPS) is 19.1. The van der Waals surface area contributed by atoms with Crippen LogP contribution < -0.4 is 10.1 Å². The maximum atomic E-state index is 10.1. The second-order valence-electron chi connectivity index (χ2n) is 4.88. The summed E-state index contributed by atoms with van der Waals surface area (Å²) >= 11 is 6.10. The van der Waals surface area contributed by atoms with Gasteiger partial charge in [0.25, 0.3) is 0 Å². The van der Waals surface area contributed by atoms with E-state index in [2.05, 4.69) is 23.7 Å². The van der Waals surface area contributed by atoms with Crippen molar-refractivity contribution in [3.05, 3.63) is 29.3 Å². The van der Waals surface area contributed by atoms with E-state index in [9.17, 15) is 5.11 Å². The molecule has 5 heteroatoms. The van der Waals surface area contributed by atoms with Crippen molar-refractivity contribution in [2.75, 3.05) is 20.2 Å². The molecule has 0 saturated carbocycles. The Hall–Kier alpha value is -1.39. The first-order valence-electron chi connectivity index (χ1n) is 6.83. The van der Waals surface area contributed by atoms with Crippen molar-refractivity contribution >= 4 is 17.3 Å². The third-order valence-corrected chi connectivity index (χ3v) is 4.00. The zero-order valence-electron chi connectivity index (χ0n) is 11.9. The molecule has 1 unspecified atom stereocenters. The Morgan fingerprint density at radius 3 is 3.00 bits per heavy atom. The smallest absolute Gasteiger partial charge is 0.150 e. The van der Waals surface area contributed by atoms with Crippen LogP contribution in [0.5, 0.6) is 11.5 Å². The van der Waals surface area contributed by atoms with E-state index >= 15 is 0 Å². The van der Waals surface area contributed by atoms with Gasteiger partial charge in [-0.05, 0) is 31.5 Å². The van der Waals surface area contributed by atoms with E-state index in [1.54, 1.807) is 12.1 Å². The molecule has 2 N–H and O–H groups in total. The van der Waals surface area contributed by atoms with Crippen LogP contribution in [0.15, 0.2) is 18.7 Å². The number of likely N-dealkylation sites (tertiary alicyclic amines) is 1. The molecule has 20 heavy (non-hydrogen) atoms. The van der Waals surface area contributed by atoms with E-state index in [1.807, 2.05) is 0 Å². The van der Waals surface area contributed by atoms with Gasteiger partial charge in [0.2, 0.25) is 0 Å². The van der Waals surface area contributed by atoms with Crippen LogP contribution in [0.2, 0.25) is 5.02 Å². The Morgan fingerprint density at radius 1 is 1.60 bits per heavy atom. The average molecular weight is 297 g/mol. The van der Waals surface area contributed by atoms with Crippen LogP contribution in [-0.2, 0) is 0 Å². The fourth-order valence-corrected chi connectivity index (χ4v) is 2.91. The number of rotatable bonds is 5. The molecule has 2 rings (SSSR count). The van der Waals surface area contributed by atoms with Gasteiger partial charge in [-0.25, -0.2) is 0 Å². The van der Waals surface area contributed by atoms with Gasteiger partial charge in [-0.3, -0.25) is 4.90 Å². The summed E-state index contributed by atoms with van der Waals surface area (Å²) in [5.41, 5.74) is 1.16. The molecule has 1 aliphatic rings. The van der Waals surface area contributed by atoms with Gasteiger partial charge in [0.1, 0.15) is 11.5 Å². The third-order valence-electron chi connectivity index (χ3n) is 3.70. The summed E-state index contributed by atoms with van der Waals surface area (Å²) in [6.07, 6.45) is 2.48. The molecule has 1 aliphatic heterocycles. The second kappa shape index (κ2) is 6.37. The number of benzene rings is 1. The largest absolute Gasteiger partial charge is 0.507 e. The standard InChI is InChI=1S/C15H21ClN2O2/c1-4-18-9-5-6-13(18)17-10(2)14-12(19)8-7-11(16)15(14)20-3/h7-8,13,17,19H,2,4-6,9H2,1,3H3. The van der Waals surface area contributed by atoms with Gasteiger partial charge in [0, 0.05) is 12.2 Å². The summed E-state index contributed by atoms with van der Waals surface area (Å²) in [6, 6.07) is 3.17. The number of phenols is 1. The summed E-state index contributed by atoms with van der Waals surface area (Å²) in [7, 11) is 1.53. The zero-order chi connectivity index (χ0) is 14.7. The number of hydrogen-bond donors (Lipinski definition) is 2. The van der Waals surface area contributed by atoms with Gasteiger partial charge in [0.15, 0.2) is 0 Å². The van der Waals surface area contributed by atoms with Crippen molar-refractivity contribution in [3.63, 3.8) is 0 Å². The predicted molar refractivity (Wildman–Crippen MR) is 82.1 cm³/mol. The van der Waals surface area contributed by atoms with Crippen molar-refractivity contribution < 1.29 is 9.84 Å². The Kier molecular flexibility index (Phi) is 4.78. The molecule has 0 bridgehead atoms. The number of hydrogen-bond acceptors (Lipinski definition) is 4. The predicted octanol–water partition coefficient (Wildman–Crippen LogP) is 3.06. The first kappa shape index (κ1) is 15.0. The molecule has 110 valence electrons. The van der Waals surface area contributed by atoms with Crippen molar-refractivity contribution in [2.24, 2.45) is 0 Å². The fraction of sp³-hybridized carbons (Fsp3) is 0.467. The molecule has 1 aromatic carbocycles. The summed E-state index contributed by atoms with van der Waals surface area (Å²) in [5, 5.41) is 13.9. The molecule has 0 spiro atoms. The quantitative estimate of drug-likeness (QED) is 0.876. The Balaban J connectivity index is 2.23. The second-order valence-corrected chi connectivity index (χ2v) is 5.29. The molecule has 1 aromatic rings. The molecule has 1 fully saturated rings. The van der Waals surface area contributed by atoms with Gasteiger partial charge in [-0.2, -0.15) is 0 Å². The molecule has 0 aliphatic carbocycles. The maximum absolute atomic E-state index is 10.1. The van der Waals surface area contributed by atoms with Crippen LogP contribution in [0, 0.1) is 0 Å². The first-order chi connectivity index (χ1) is 9.58. The van der Waals surface area contributed by atoms with Crippen molar-refractivity contribution in [3.8, 4) is 11.5 Å². The van der Waals surface area contributed by atoms with Crippen molar-refractivity contribution in [2.45, 2.75) is 25.9 Å². The molecule has 0 aromatic heterocycles. The number of nitrogens with zero attached hydrogens (tertiary/aromatic N) is 1. The number of nitrogens with one attached hydrogen (secondary N) is 1. The van der Waals surface area contributed by atoms with Gasteiger partial charge in [0.05, 0.1) is 23.9 Å². The summed E-state index contributed by atoms with van der Waals surface area (Å²) in [6.45, 7) is 8.24. The van der Waals surface area contributed by atoms with Crippen LogP contribution in [0.4, 0.5) is 0 Å². The minimum absolute atomic E-state index is 0.116. The van der Waals surface area contributed by atoms with E-state index in [4.69, 9.17) is 16.3 Å². The molecular formula is C15H21ClN2O2. The monoisotopic (exact) mass is 296 g/mol.